The molecule has 0 aliphatic heterocycles. The molecule has 5 nitrogen and oxygen atoms in total. The van der Waals surface area contributed by atoms with E-state index in [0.29, 0.717) is 0 Å². The highest BCUT2D eigenvalue weighted by Crippen LogP contribution is 2.28. The van der Waals surface area contributed by atoms with Crippen molar-refractivity contribution in [3.8, 4) is 0 Å². The smallest absolute Gasteiger partial charge is 0.244 e. The molecule has 5 heteroatoms. The second-order valence-electron chi connectivity index (χ2n) is 7.62. The van der Waals surface area contributed by atoms with Crippen molar-refractivity contribution >= 4 is 23.2 Å². The lowest BCUT2D eigenvalue weighted by Crippen LogP contribution is -2.42. The molecule has 1 aliphatic rings. The highest BCUT2D eigenvalue weighted by Gasteiger charge is 2.21. The molecule has 0 saturated carbocycles. The van der Waals surface area contributed by atoms with E-state index in [-0.39, 0.29) is 18.4 Å². The van der Waals surface area contributed by atoms with E-state index in [1.165, 1.54) is 28.9 Å². The molecular formula is C23H29N3O2. The van der Waals surface area contributed by atoms with Gasteiger partial charge in [0, 0.05) is 18.4 Å². The SMILES string of the molecule is Cc1ccc(NC(=O)CN(C)C(=O)[C@H](C)Nc2cccc3c2CCCC3)cc1. The Labute approximate surface area is 167 Å². The van der Waals surface area contributed by atoms with Crippen LogP contribution in [0.15, 0.2) is 42.5 Å². The number of nitrogens with one attached hydrogen (secondary N) is 2. The first kappa shape index (κ1) is 19.9. The van der Waals surface area contributed by atoms with Crippen molar-refractivity contribution in [3.63, 3.8) is 0 Å². The molecule has 0 unspecified atom stereocenters. The van der Waals surface area contributed by atoms with Gasteiger partial charge in [-0.1, -0.05) is 29.8 Å². The highest BCUT2D eigenvalue weighted by atomic mass is 16.2. The van der Waals surface area contributed by atoms with Crippen LogP contribution in [-0.2, 0) is 22.4 Å². The predicted octanol–water partition coefficient (Wildman–Crippen LogP) is 3.77. The molecule has 0 saturated heterocycles. The Kier molecular flexibility index (Phi) is 6.34. The van der Waals surface area contributed by atoms with Crippen LogP contribution in [0.4, 0.5) is 11.4 Å². The zero-order valence-corrected chi connectivity index (χ0v) is 16.9. The Hall–Kier alpha value is -2.82. The number of likely N-dealkylation sites (N-methyl/N-ethyl adjacent to an activating group) is 1. The van der Waals surface area contributed by atoms with Crippen LogP contribution in [0.25, 0.3) is 0 Å². The van der Waals surface area contributed by atoms with Crippen molar-refractivity contribution in [2.75, 3.05) is 24.2 Å². The molecule has 2 aromatic carbocycles. The molecule has 0 radical (unpaired) electrons. The van der Waals surface area contributed by atoms with Crippen LogP contribution in [0.2, 0.25) is 0 Å². The maximum absolute atomic E-state index is 12.7. The fourth-order valence-corrected chi connectivity index (χ4v) is 3.67. The summed E-state index contributed by atoms with van der Waals surface area (Å²) in [5.41, 5.74) is 5.61. The van der Waals surface area contributed by atoms with Crippen LogP contribution in [-0.4, -0.2) is 36.3 Å². The largest absolute Gasteiger partial charge is 0.374 e. The molecule has 0 heterocycles. The monoisotopic (exact) mass is 379 g/mol. The number of hydrogen-bond acceptors (Lipinski definition) is 3. The summed E-state index contributed by atoms with van der Waals surface area (Å²) in [4.78, 5) is 26.5. The Bertz CT molecular complexity index is 845. The summed E-state index contributed by atoms with van der Waals surface area (Å²) in [6.07, 6.45) is 4.57. The molecule has 0 bridgehead atoms. The van der Waals surface area contributed by atoms with Gasteiger partial charge in [0.05, 0.1) is 6.54 Å². The zero-order valence-electron chi connectivity index (χ0n) is 16.9. The minimum Gasteiger partial charge on any atom is -0.374 e. The Morgan fingerprint density at radius 3 is 2.54 bits per heavy atom. The molecule has 3 rings (SSSR count). The lowest BCUT2D eigenvalue weighted by atomic mass is 9.90. The lowest BCUT2D eigenvalue weighted by Gasteiger charge is -2.25. The van der Waals surface area contributed by atoms with E-state index in [1.807, 2.05) is 50.2 Å². The molecule has 2 amide bonds. The van der Waals surface area contributed by atoms with E-state index in [4.69, 9.17) is 0 Å². The van der Waals surface area contributed by atoms with Gasteiger partial charge in [-0.25, -0.2) is 0 Å². The summed E-state index contributed by atoms with van der Waals surface area (Å²) < 4.78 is 0. The van der Waals surface area contributed by atoms with Gasteiger partial charge in [-0.05, 0) is 68.9 Å². The second-order valence-corrected chi connectivity index (χ2v) is 7.62. The summed E-state index contributed by atoms with van der Waals surface area (Å²) >= 11 is 0. The van der Waals surface area contributed by atoms with Gasteiger partial charge in [-0.3, -0.25) is 9.59 Å². The Morgan fingerprint density at radius 1 is 1.07 bits per heavy atom. The number of fused-ring (bicyclic) bond motifs is 1. The molecule has 28 heavy (non-hydrogen) atoms. The van der Waals surface area contributed by atoms with Crippen LogP contribution >= 0.6 is 0 Å². The van der Waals surface area contributed by atoms with Gasteiger partial charge in [-0.15, -0.1) is 0 Å². The average Bonchev–Trinajstić information content (AvgIpc) is 2.69. The number of benzene rings is 2. The van der Waals surface area contributed by atoms with Gasteiger partial charge < -0.3 is 15.5 Å². The van der Waals surface area contributed by atoms with Crippen LogP contribution in [0.5, 0.6) is 0 Å². The molecule has 1 aliphatic carbocycles. The number of rotatable bonds is 6. The average molecular weight is 380 g/mol. The number of hydrogen-bond donors (Lipinski definition) is 2. The van der Waals surface area contributed by atoms with Crippen LogP contribution in [0.3, 0.4) is 0 Å². The van der Waals surface area contributed by atoms with Gasteiger partial charge in [0.15, 0.2) is 0 Å². The van der Waals surface area contributed by atoms with Gasteiger partial charge >= 0.3 is 0 Å². The van der Waals surface area contributed by atoms with Crippen molar-refractivity contribution in [3.05, 3.63) is 59.2 Å². The van der Waals surface area contributed by atoms with E-state index in [0.717, 1.165) is 29.8 Å². The van der Waals surface area contributed by atoms with Gasteiger partial charge in [0.25, 0.3) is 0 Å². The summed E-state index contributed by atoms with van der Waals surface area (Å²) in [5, 5.41) is 6.19. The first-order valence-electron chi connectivity index (χ1n) is 9.93. The first-order chi connectivity index (χ1) is 13.4. The Morgan fingerprint density at radius 2 is 1.79 bits per heavy atom. The molecule has 2 aromatic rings. The van der Waals surface area contributed by atoms with Gasteiger partial charge in [0.2, 0.25) is 11.8 Å². The Balaban J connectivity index is 1.57. The minimum absolute atomic E-state index is 0.0195. The standard InChI is InChI=1S/C23H29N3O2/c1-16-11-13-19(14-12-16)25-22(27)15-26(3)23(28)17(2)24-21-10-6-8-18-7-4-5-9-20(18)21/h6,8,10-14,17,24H,4-5,7,9,15H2,1-3H3,(H,25,27)/t17-/m0/s1. The fourth-order valence-electron chi connectivity index (χ4n) is 3.67. The van der Waals surface area contributed by atoms with E-state index in [1.54, 1.807) is 7.05 Å². The molecule has 0 fully saturated rings. The fraction of sp³-hybridized carbons (Fsp3) is 0.391. The topological polar surface area (TPSA) is 61.4 Å². The predicted molar refractivity (Wildman–Crippen MR) is 114 cm³/mol. The van der Waals surface area contributed by atoms with Crippen molar-refractivity contribution in [2.45, 2.75) is 45.6 Å². The van der Waals surface area contributed by atoms with E-state index in [2.05, 4.69) is 16.7 Å². The van der Waals surface area contributed by atoms with E-state index < -0.39 is 6.04 Å². The maximum Gasteiger partial charge on any atom is 0.244 e. The number of aryl methyl sites for hydroxylation is 2. The normalized spacial score (nSPS) is 14.0. The minimum atomic E-state index is -0.398. The van der Waals surface area contributed by atoms with Crippen LogP contribution in [0, 0.1) is 6.92 Å². The maximum atomic E-state index is 12.7. The summed E-state index contributed by atoms with van der Waals surface area (Å²) in [7, 11) is 1.66. The van der Waals surface area contributed by atoms with Crippen LogP contribution in [0.1, 0.15) is 36.5 Å². The van der Waals surface area contributed by atoms with Crippen molar-refractivity contribution in [1.82, 2.24) is 4.90 Å². The number of amides is 2. The van der Waals surface area contributed by atoms with Crippen LogP contribution < -0.4 is 10.6 Å². The number of carbonyl (C=O) groups excluding carboxylic acids is 2. The van der Waals surface area contributed by atoms with Crippen molar-refractivity contribution in [2.24, 2.45) is 0 Å². The van der Waals surface area contributed by atoms with Gasteiger partial charge in [-0.2, -0.15) is 0 Å². The third-order valence-corrected chi connectivity index (χ3v) is 5.23. The number of carbonyl (C=O) groups is 2. The van der Waals surface area contributed by atoms with E-state index in [9.17, 15) is 9.59 Å². The summed E-state index contributed by atoms with van der Waals surface area (Å²) in [5.74, 6) is -0.309. The van der Waals surface area contributed by atoms with Crippen molar-refractivity contribution < 1.29 is 9.59 Å². The lowest BCUT2D eigenvalue weighted by molar-refractivity contribution is -0.133. The third-order valence-electron chi connectivity index (χ3n) is 5.23. The molecular weight excluding hydrogens is 350 g/mol. The molecule has 0 spiro atoms. The molecule has 1 atom stereocenters. The quantitative estimate of drug-likeness (QED) is 0.803. The number of anilines is 2. The molecule has 0 aromatic heterocycles. The highest BCUT2D eigenvalue weighted by molar-refractivity contribution is 5.95. The van der Waals surface area contributed by atoms with Gasteiger partial charge in [0.1, 0.15) is 6.04 Å². The first-order valence-corrected chi connectivity index (χ1v) is 9.93. The zero-order chi connectivity index (χ0) is 20.1. The van der Waals surface area contributed by atoms with E-state index >= 15 is 0 Å². The summed E-state index contributed by atoms with van der Waals surface area (Å²) in [6, 6.07) is 13.5. The number of nitrogens with zero attached hydrogens (tertiary/aromatic N) is 1. The summed E-state index contributed by atoms with van der Waals surface area (Å²) in [6.45, 7) is 3.86. The molecule has 2 N–H and O–H groups in total. The molecule has 148 valence electrons. The third kappa shape index (κ3) is 4.91. The van der Waals surface area contributed by atoms with Crippen molar-refractivity contribution in [1.29, 1.82) is 0 Å². The second kappa shape index (κ2) is 8.91.